The molecule has 1 unspecified atom stereocenters. The summed E-state index contributed by atoms with van der Waals surface area (Å²) in [4.78, 5) is 30.7. The van der Waals surface area contributed by atoms with E-state index in [0.717, 1.165) is 5.39 Å². The van der Waals surface area contributed by atoms with Crippen LogP contribution in [0.1, 0.15) is 18.7 Å². The number of benzene rings is 1. The molecule has 0 aliphatic heterocycles. The van der Waals surface area contributed by atoms with E-state index < -0.39 is 18.0 Å². The molecule has 0 aliphatic carbocycles. The number of aliphatic carboxylic acids is 2. The van der Waals surface area contributed by atoms with E-state index in [-0.39, 0.29) is 18.7 Å². The number of carboxylic acid groups (broad SMARTS) is 2. The Bertz CT molecular complexity index is 934. The zero-order valence-corrected chi connectivity index (χ0v) is 12.8. The number of para-hydroxylation sites is 1. The fourth-order valence-corrected chi connectivity index (χ4v) is 2.49. The summed E-state index contributed by atoms with van der Waals surface area (Å²) in [5.74, 6) is -1.52. The van der Waals surface area contributed by atoms with Crippen LogP contribution >= 0.6 is 0 Å². The lowest BCUT2D eigenvalue weighted by atomic mass is 10.1. The predicted octanol–water partition coefficient (Wildman–Crippen LogP) is 2.41. The molecule has 3 aromatic rings. The number of rotatable bonds is 6. The second-order valence-corrected chi connectivity index (χ2v) is 5.36. The van der Waals surface area contributed by atoms with Crippen molar-refractivity contribution in [1.29, 1.82) is 0 Å². The number of anilines is 1. The molecular formula is C16H15N3O5. The van der Waals surface area contributed by atoms with Gasteiger partial charge in [-0.25, -0.2) is 14.8 Å². The van der Waals surface area contributed by atoms with Crippen LogP contribution in [-0.4, -0.2) is 38.2 Å². The Labute approximate surface area is 136 Å². The summed E-state index contributed by atoms with van der Waals surface area (Å²) in [5.41, 5.74) is 1.55. The highest BCUT2D eigenvalue weighted by molar-refractivity contribution is 6.05. The first kappa shape index (κ1) is 15.7. The fraction of sp³-hybridized carbons (Fsp3) is 0.250. The van der Waals surface area contributed by atoms with Gasteiger partial charge in [0.25, 0.3) is 0 Å². The number of carbonyl (C=O) groups is 2. The summed E-state index contributed by atoms with van der Waals surface area (Å²) < 4.78 is 5.75. The van der Waals surface area contributed by atoms with E-state index >= 15 is 0 Å². The van der Waals surface area contributed by atoms with Gasteiger partial charge in [0.1, 0.15) is 23.0 Å². The summed E-state index contributed by atoms with van der Waals surface area (Å²) in [5, 5.41) is 21.6. The van der Waals surface area contributed by atoms with Crippen molar-refractivity contribution in [3.8, 4) is 0 Å². The average Bonchev–Trinajstić information content (AvgIpc) is 2.89. The molecule has 0 aliphatic rings. The highest BCUT2D eigenvalue weighted by atomic mass is 16.4. The number of nitrogens with one attached hydrogen (secondary N) is 1. The average molecular weight is 329 g/mol. The van der Waals surface area contributed by atoms with E-state index in [9.17, 15) is 14.7 Å². The first-order valence-electron chi connectivity index (χ1n) is 7.32. The smallest absolute Gasteiger partial charge is 0.326 e. The molecule has 124 valence electrons. The van der Waals surface area contributed by atoms with Gasteiger partial charge in [-0.15, -0.1) is 0 Å². The van der Waals surface area contributed by atoms with Crippen LogP contribution in [0.5, 0.6) is 0 Å². The molecule has 2 aromatic heterocycles. The molecule has 1 atom stereocenters. The van der Waals surface area contributed by atoms with Gasteiger partial charge in [0.15, 0.2) is 11.4 Å². The normalized spacial score (nSPS) is 12.4. The van der Waals surface area contributed by atoms with E-state index in [1.807, 2.05) is 18.2 Å². The van der Waals surface area contributed by atoms with E-state index in [2.05, 4.69) is 15.3 Å². The van der Waals surface area contributed by atoms with Crippen LogP contribution in [0.15, 0.2) is 28.7 Å². The number of hydrogen-bond acceptors (Lipinski definition) is 6. The Morgan fingerprint density at radius 3 is 2.71 bits per heavy atom. The maximum Gasteiger partial charge on any atom is 0.326 e. The van der Waals surface area contributed by atoms with Crippen LogP contribution in [0.2, 0.25) is 0 Å². The molecule has 8 heteroatoms. The molecule has 0 fully saturated rings. The third-order valence-corrected chi connectivity index (χ3v) is 3.59. The van der Waals surface area contributed by atoms with Crippen LogP contribution < -0.4 is 5.32 Å². The van der Waals surface area contributed by atoms with Gasteiger partial charge in [-0.05, 0) is 25.5 Å². The minimum Gasteiger partial charge on any atom is -0.481 e. The molecule has 8 nitrogen and oxygen atoms in total. The van der Waals surface area contributed by atoms with Crippen LogP contribution in [0, 0.1) is 6.92 Å². The number of furan rings is 1. The zero-order valence-electron chi connectivity index (χ0n) is 12.8. The standard InChI is InChI=1S/C16H15N3O5/c1-8-17-13-9-4-2-3-5-11(9)24-14(13)15(18-8)19-10(16(22)23)6-7-12(20)21/h2-5,10H,6-7H2,1H3,(H,20,21)(H,22,23)(H,17,18,19). The molecule has 0 saturated carbocycles. The SMILES string of the molecule is Cc1nc(NC(CCC(=O)O)C(=O)O)c2oc3ccccc3c2n1. The van der Waals surface area contributed by atoms with Crippen LogP contribution in [0.4, 0.5) is 5.82 Å². The highest BCUT2D eigenvalue weighted by Crippen LogP contribution is 2.31. The zero-order chi connectivity index (χ0) is 17.3. The van der Waals surface area contributed by atoms with Crippen LogP contribution in [-0.2, 0) is 9.59 Å². The van der Waals surface area contributed by atoms with Crippen molar-refractivity contribution in [2.75, 3.05) is 5.32 Å². The lowest BCUT2D eigenvalue weighted by Gasteiger charge is -2.14. The highest BCUT2D eigenvalue weighted by Gasteiger charge is 2.22. The van der Waals surface area contributed by atoms with Gasteiger partial charge in [-0.2, -0.15) is 0 Å². The summed E-state index contributed by atoms with van der Waals surface area (Å²) in [6.45, 7) is 1.69. The number of carboxylic acids is 2. The maximum atomic E-state index is 11.4. The third-order valence-electron chi connectivity index (χ3n) is 3.59. The fourth-order valence-electron chi connectivity index (χ4n) is 2.49. The van der Waals surface area contributed by atoms with Gasteiger partial charge in [-0.3, -0.25) is 4.79 Å². The molecule has 0 bridgehead atoms. The Morgan fingerprint density at radius 2 is 2.00 bits per heavy atom. The largest absolute Gasteiger partial charge is 0.481 e. The van der Waals surface area contributed by atoms with Crippen LogP contribution in [0.25, 0.3) is 22.1 Å². The van der Waals surface area contributed by atoms with Gasteiger partial charge >= 0.3 is 11.9 Å². The Kier molecular flexibility index (Phi) is 4.03. The second-order valence-electron chi connectivity index (χ2n) is 5.36. The number of aryl methyl sites for hydroxylation is 1. The van der Waals surface area contributed by atoms with Crippen LogP contribution in [0.3, 0.4) is 0 Å². The van der Waals surface area contributed by atoms with Gasteiger partial charge in [0, 0.05) is 11.8 Å². The lowest BCUT2D eigenvalue weighted by Crippen LogP contribution is -2.30. The molecule has 3 rings (SSSR count). The van der Waals surface area contributed by atoms with E-state index in [1.165, 1.54) is 0 Å². The quantitative estimate of drug-likeness (QED) is 0.629. The van der Waals surface area contributed by atoms with Gasteiger partial charge in [-0.1, -0.05) is 12.1 Å². The van der Waals surface area contributed by atoms with Crippen molar-refractivity contribution >= 4 is 39.8 Å². The molecular weight excluding hydrogens is 314 g/mol. The molecule has 0 saturated heterocycles. The minimum absolute atomic E-state index is 0.0740. The lowest BCUT2D eigenvalue weighted by molar-refractivity contribution is -0.139. The summed E-state index contributed by atoms with van der Waals surface area (Å²) in [6.07, 6.45) is -0.341. The molecule has 0 spiro atoms. The first-order chi connectivity index (χ1) is 11.5. The van der Waals surface area contributed by atoms with Crippen molar-refractivity contribution in [2.45, 2.75) is 25.8 Å². The molecule has 1 aromatic carbocycles. The van der Waals surface area contributed by atoms with Crippen molar-refractivity contribution in [3.05, 3.63) is 30.1 Å². The van der Waals surface area contributed by atoms with Gasteiger partial charge in [0.05, 0.1) is 0 Å². The molecule has 2 heterocycles. The van der Waals surface area contributed by atoms with Crippen molar-refractivity contribution < 1.29 is 24.2 Å². The van der Waals surface area contributed by atoms with Gasteiger partial charge in [0.2, 0.25) is 0 Å². The van der Waals surface area contributed by atoms with E-state index in [0.29, 0.717) is 22.5 Å². The maximum absolute atomic E-state index is 11.4. The molecule has 3 N–H and O–H groups in total. The Hall–Kier alpha value is -3.16. The third kappa shape index (κ3) is 2.98. The Morgan fingerprint density at radius 1 is 1.25 bits per heavy atom. The van der Waals surface area contributed by atoms with Gasteiger partial charge < -0.3 is 19.9 Å². The van der Waals surface area contributed by atoms with Crippen molar-refractivity contribution in [1.82, 2.24) is 9.97 Å². The molecule has 0 radical (unpaired) electrons. The number of aromatic nitrogens is 2. The molecule has 0 amide bonds. The minimum atomic E-state index is -1.16. The second kappa shape index (κ2) is 6.15. The topological polar surface area (TPSA) is 126 Å². The monoisotopic (exact) mass is 329 g/mol. The Balaban J connectivity index is 2.04. The van der Waals surface area contributed by atoms with Crippen molar-refractivity contribution in [3.63, 3.8) is 0 Å². The van der Waals surface area contributed by atoms with Crippen molar-refractivity contribution in [2.24, 2.45) is 0 Å². The summed E-state index contributed by atoms with van der Waals surface area (Å²) in [6, 6.07) is 6.23. The van der Waals surface area contributed by atoms with E-state index in [1.54, 1.807) is 13.0 Å². The summed E-state index contributed by atoms with van der Waals surface area (Å²) in [7, 11) is 0. The summed E-state index contributed by atoms with van der Waals surface area (Å²) >= 11 is 0. The first-order valence-corrected chi connectivity index (χ1v) is 7.32. The molecule has 24 heavy (non-hydrogen) atoms. The predicted molar refractivity (Wildman–Crippen MR) is 86.0 cm³/mol. The number of hydrogen-bond donors (Lipinski definition) is 3. The number of nitrogens with zero attached hydrogens (tertiary/aromatic N) is 2. The number of fused-ring (bicyclic) bond motifs is 3. The van der Waals surface area contributed by atoms with E-state index in [4.69, 9.17) is 9.52 Å².